The third-order valence-electron chi connectivity index (χ3n) is 7.13. The zero-order chi connectivity index (χ0) is 31.7. The van der Waals surface area contributed by atoms with E-state index in [1.54, 1.807) is 33.8 Å². The van der Waals surface area contributed by atoms with Crippen molar-refractivity contribution in [2.75, 3.05) is 0 Å². The molecule has 10 heteroatoms. The summed E-state index contributed by atoms with van der Waals surface area (Å²) in [6, 6.07) is 0. The Morgan fingerprint density at radius 3 is 2.19 bits per heavy atom. The number of allylic oxidation sites excluding steroid dienone is 3. The van der Waals surface area contributed by atoms with E-state index in [-0.39, 0.29) is 66.3 Å². The van der Waals surface area contributed by atoms with Crippen LogP contribution in [0.25, 0.3) is 6.08 Å². The second kappa shape index (κ2) is 16.7. The minimum absolute atomic E-state index is 0. The van der Waals surface area contributed by atoms with Gasteiger partial charge in [-0.2, -0.15) is 0 Å². The molecule has 0 aromatic carbocycles. The standard InChI is InChI=1S/C28H33N3O4.C5H8O2.Zn/c1-8-9-10-11-34-27(32)24-18(5)21(30-20(24)7)14-22-19(6)25(26(29)31-22)35-28(33)23-16(3)12-15(2)13-17(23)4;1-4(6)3-5(2)7;/h14-17,23H,12-13H2,1-7H3,(H3,29,30,31,32);3,6H,1-2H3;/p-1. The fourth-order valence-corrected chi connectivity index (χ4v) is 5.49. The van der Waals surface area contributed by atoms with Gasteiger partial charge >= 0.3 is 11.9 Å². The first-order valence-electron chi connectivity index (χ1n) is 13.8. The van der Waals surface area contributed by atoms with Gasteiger partial charge in [0.25, 0.3) is 0 Å². The average Bonchev–Trinajstić information content (AvgIpc) is 3.29. The molecule has 2 unspecified atom stereocenters. The first kappa shape index (κ1) is 37.1. The van der Waals surface area contributed by atoms with E-state index in [4.69, 9.17) is 20.3 Å². The molecular formula is C33H40N3O6Zn-. The second-order valence-corrected chi connectivity index (χ2v) is 10.9. The molecule has 3 rings (SSSR count). The van der Waals surface area contributed by atoms with Crippen LogP contribution in [0.4, 0.5) is 0 Å². The SMILES string of the molecule is CC#CC#COC(=O)c1c(C)[n-]c(/C=C2\N=C(N)C(OC(=O)C3C(C)CC(C)CC3C)=C2C)c1C.CC(=O)C=C(C)O.[Zn]. The Balaban J connectivity index is 0.00000103. The van der Waals surface area contributed by atoms with Gasteiger partial charge in [-0.05, 0) is 71.1 Å². The first-order valence-corrected chi connectivity index (χ1v) is 13.8. The zero-order valence-corrected chi connectivity index (χ0v) is 29.5. The van der Waals surface area contributed by atoms with Gasteiger partial charge in [-0.3, -0.25) is 9.59 Å². The van der Waals surface area contributed by atoms with Crippen molar-refractivity contribution >= 4 is 29.6 Å². The number of nitrogens with two attached hydrogens (primary N) is 1. The number of aliphatic hydroxyl groups excluding tert-OH is 1. The molecular weight excluding hydrogens is 600 g/mol. The van der Waals surface area contributed by atoms with E-state index in [1.165, 1.54) is 19.9 Å². The Morgan fingerprint density at radius 1 is 1.07 bits per heavy atom. The van der Waals surface area contributed by atoms with E-state index in [2.05, 4.69) is 54.6 Å². The van der Waals surface area contributed by atoms with E-state index in [0.29, 0.717) is 39.7 Å². The van der Waals surface area contributed by atoms with Crippen molar-refractivity contribution < 1.29 is 48.4 Å². The molecule has 226 valence electrons. The maximum absolute atomic E-state index is 13.1. The minimum atomic E-state index is -0.594. The fraction of sp³-hybridized carbons (Fsp3) is 0.455. The number of amidine groups is 1. The van der Waals surface area contributed by atoms with Crippen LogP contribution in [0.3, 0.4) is 0 Å². The summed E-state index contributed by atoms with van der Waals surface area (Å²) in [4.78, 5) is 44.4. The zero-order valence-electron chi connectivity index (χ0n) is 26.5. The molecule has 1 aromatic heterocycles. The molecule has 0 spiro atoms. The average molecular weight is 640 g/mol. The molecule has 0 bridgehead atoms. The molecule has 2 heterocycles. The second-order valence-electron chi connectivity index (χ2n) is 10.9. The molecule has 1 saturated carbocycles. The van der Waals surface area contributed by atoms with Crippen LogP contribution in [-0.4, -0.2) is 28.7 Å². The van der Waals surface area contributed by atoms with Gasteiger partial charge in [-0.1, -0.05) is 45.3 Å². The summed E-state index contributed by atoms with van der Waals surface area (Å²) < 4.78 is 10.8. The number of carbonyl (C=O) groups excluding carboxylic acids is 3. The predicted octanol–water partition coefficient (Wildman–Crippen LogP) is 5.28. The first-order chi connectivity index (χ1) is 19.7. The van der Waals surface area contributed by atoms with Crippen LogP contribution in [0, 0.1) is 61.4 Å². The van der Waals surface area contributed by atoms with Crippen molar-refractivity contribution in [3.63, 3.8) is 0 Å². The smallest absolute Gasteiger partial charge is 0.350 e. The van der Waals surface area contributed by atoms with Crippen LogP contribution in [-0.2, 0) is 38.5 Å². The van der Waals surface area contributed by atoms with Gasteiger partial charge in [0, 0.05) is 42.6 Å². The molecule has 1 aromatic rings. The molecule has 1 aliphatic heterocycles. The number of ether oxygens (including phenoxy) is 2. The van der Waals surface area contributed by atoms with Crippen molar-refractivity contribution in [2.45, 2.75) is 75.2 Å². The van der Waals surface area contributed by atoms with E-state index in [0.717, 1.165) is 12.8 Å². The third kappa shape index (κ3) is 10.1. The number of aliphatic hydroxyl groups is 1. The van der Waals surface area contributed by atoms with Crippen LogP contribution in [0.2, 0.25) is 0 Å². The van der Waals surface area contributed by atoms with E-state index >= 15 is 0 Å². The van der Waals surface area contributed by atoms with Crippen molar-refractivity contribution in [1.82, 2.24) is 4.98 Å². The van der Waals surface area contributed by atoms with Crippen LogP contribution in [0.5, 0.6) is 0 Å². The topological polar surface area (TPSA) is 142 Å². The summed E-state index contributed by atoms with van der Waals surface area (Å²) >= 11 is 0. The van der Waals surface area contributed by atoms with Gasteiger partial charge < -0.3 is 25.3 Å². The molecule has 1 aliphatic carbocycles. The molecule has 9 nitrogen and oxygen atoms in total. The Morgan fingerprint density at radius 2 is 1.67 bits per heavy atom. The molecule has 2 atom stereocenters. The van der Waals surface area contributed by atoms with Gasteiger partial charge in [-0.25, -0.2) is 9.79 Å². The molecule has 43 heavy (non-hydrogen) atoms. The summed E-state index contributed by atoms with van der Waals surface area (Å²) in [7, 11) is 0. The van der Waals surface area contributed by atoms with Crippen molar-refractivity contribution in [2.24, 2.45) is 34.4 Å². The van der Waals surface area contributed by atoms with Crippen LogP contribution in [0.1, 0.15) is 88.6 Å². The fourth-order valence-electron chi connectivity index (χ4n) is 5.49. The molecule has 0 saturated heterocycles. The maximum Gasteiger partial charge on any atom is 0.350 e. The maximum atomic E-state index is 13.1. The van der Waals surface area contributed by atoms with E-state index < -0.39 is 5.97 Å². The third-order valence-corrected chi connectivity index (χ3v) is 7.13. The predicted molar refractivity (Wildman–Crippen MR) is 162 cm³/mol. The van der Waals surface area contributed by atoms with Crippen molar-refractivity contribution in [3.8, 4) is 23.9 Å². The van der Waals surface area contributed by atoms with Crippen LogP contribution < -0.4 is 10.7 Å². The number of rotatable bonds is 5. The number of aryl methyl sites for hydroxylation is 1. The van der Waals surface area contributed by atoms with Gasteiger partial charge in [0.15, 0.2) is 17.4 Å². The molecule has 1 fully saturated rings. The summed E-state index contributed by atoms with van der Waals surface area (Å²) in [6.45, 7) is 16.2. The van der Waals surface area contributed by atoms with E-state index in [1.807, 2.05) is 0 Å². The van der Waals surface area contributed by atoms with Crippen LogP contribution in [0.15, 0.2) is 33.9 Å². The van der Waals surface area contributed by atoms with Gasteiger partial charge in [0.2, 0.25) is 0 Å². The number of esters is 2. The largest absolute Gasteiger partial charge is 0.661 e. The van der Waals surface area contributed by atoms with Crippen molar-refractivity contribution in [1.29, 1.82) is 0 Å². The number of hydrogen-bond donors (Lipinski definition) is 2. The van der Waals surface area contributed by atoms with Gasteiger partial charge in [0.1, 0.15) is 6.11 Å². The number of ketones is 1. The molecule has 2 aliphatic rings. The minimum Gasteiger partial charge on any atom is -0.661 e. The normalized spacial score (nSPS) is 22.0. The molecule has 3 N–H and O–H groups in total. The summed E-state index contributed by atoms with van der Waals surface area (Å²) in [6.07, 6.45) is 7.18. The summed E-state index contributed by atoms with van der Waals surface area (Å²) in [5.74, 6) is 7.98. The Bertz CT molecular complexity index is 1470. The molecule has 0 amide bonds. The number of carbonyl (C=O) groups is 3. The molecule has 0 radical (unpaired) electrons. The monoisotopic (exact) mass is 638 g/mol. The van der Waals surface area contributed by atoms with E-state index in [9.17, 15) is 14.4 Å². The van der Waals surface area contributed by atoms with Crippen LogP contribution >= 0.6 is 0 Å². The Kier molecular flexibility index (Phi) is 14.4. The number of aromatic nitrogens is 1. The van der Waals surface area contributed by atoms with Gasteiger partial charge in [-0.15, -0.1) is 11.4 Å². The number of aliphatic imine (C=N–C) groups is 1. The Hall–Kier alpha value is -3.88. The summed E-state index contributed by atoms with van der Waals surface area (Å²) in [5, 5.41) is 8.36. The summed E-state index contributed by atoms with van der Waals surface area (Å²) in [5.41, 5.74) is 9.36. The van der Waals surface area contributed by atoms with Crippen molar-refractivity contribution in [3.05, 3.63) is 51.4 Å². The quantitative estimate of drug-likeness (QED) is 0.146. The Labute approximate surface area is 267 Å². The number of nitrogens with zero attached hydrogens (tertiary/aromatic N) is 2. The number of hydrogen-bond acceptors (Lipinski definition) is 8. The van der Waals surface area contributed by atoms with Gasteiger partial charge in [0.05, 0.1) is 17.4 Å².